The number of nitrogens with zero attached hydrogens (tertiary/aromatic N) is 1. The monoisotopic (exact) mass is 228 g/mol. The SMILES string of the molecule is CN(C(=O)C1(C)CCCO1)[C@H]1CNC[C@@H]1O. The van der Waals surface area contributed by atoms with Gasteiger partial charge >= 0.3 is 0 Å². The highest BCUT2D eigenvalue weighted by molar-refractivity contribution is 5.85. The van der Waals surface area contributed by atoms with Gasteiger partial charge in [-0.25, -0.2) is 0 Å². The van der Waals surface area contributed by atoms with Gasteiger partial charge in [0.1, 0.15) is 5.60 Å². The first kappa shape index (κ1) is 11.8. The van der Waals surface area contributed by atoms with Crippen molar-refractivity contribution in [3.05, 3.63) is 0 Å². The van der Waals surface area contributed by atoms with Crippen molar-refractivity contribution >= 4 is 5.91 Å². The lowest BCUT2D eigenvalue weighted by molar-refractivity contribution is -0.153. The molecular formula is C11H20N2O3. The minimum Gasteiger partial charge on any atom is -0.390 e. The predicted octanol–water partition coefficient (Wildman–Crippen LogP) is -0.653. The van der Waals surface area contributed by atoms with Gasteiger partial charge in [0, 0.05) is 26.7 Å². The molecule has 2 aliphatic rings. The molecule has 0 radical (unpaired) electrons. The maximum absolute atomic E-state index is 12.3. The Kier molecular flexibility index (Phi) is 3.19. The molecule has 2 fully saturated rings. The fraction of sp³-hybridized carbons (Fsp3) is 0.909. The van der Waals surface area contributed by atoms with E-state index in [0.717, 1.165) is 12.8 Å². The van der Waals surface area contributed by atoms with Crippen LogP contribution >= 0.6 is 0 Å². The zero-order chi connectivity index (χ0) is 11.8. The van der Waals surface area contributed by atoms with Crippen molar-refractivity contribution in [1.29, 1.82) is 0 Å². The van der Waals surface area contributed by atoms with E-state index in [2.05, 4.69) is 5.32 Å². The van der Waals surface area contributed by atoms with Crippen LogP contribution < -0.4 is 5.32 Å². The number of likely N-dealkylation sites (N-methyl/N-ethyl adjacent to an activating group) is 1. The Balaban J connectivity index is 2.03. The molecule has 1 amide bonds. The van der Waals surface area contributed by atoms with Crippen LogP contribution in [-0.4, -0.2) is 60.4 Å². The van der Waals surface area contributed by atoms with Gasteiger partial charge < -0.3 is 20.1 Å². The predicted molar refractivity (Wildman–Crippen MR) is 59.0 cm³/mol. The summed E-state index contributed by atoms with van der Waals surface area (Å²) in [7, 11) is 1.75. The highest BCUT2D eigenvalue weighted by Gasteiger charge is 2.43. The standard InChI is InChI=1S/C11H20N2O3/c1-11(4-3-5-16-11)10(15)13(2)8-6-12-7-9(8)14/h8-9,12,14H,3-7H2,1-2H3/t8-,9-,11?/m0/s1. The summed E-state index contributed by atoms with van der Waals surface area (Å²) in [4.78, 5) is 13.9. The first-order valence-electron chi connectivity index (χ1n) is 5.84. The lowest BCUT2D eigenvalue weighted by Gasteiger charge is -2.33. The number of ether oxygens (including phenoxy) is 1. The number of hydrogen-bond acceptors (Lipinski definition) is 4. The number of nitrogens with one attached hydrogen (secondary N) is 1. The van der Waals surface area contributed by atoms with Crippen molar-refractivity contribution < 1.29 is 14.6 Å². The molecule has 2 N–H and O–H groups in total. The number of amides is 1. The molecule has 0 aromatic heterocycles. The van der Waals surface area contributed by atoms with Crippen LogP contribution in [0.5, 0.6) is 0 Å². The fourth-order valence-corrected chi connectivity index (χ4v) is 2.52. The van der Waals surface area contributed by atoms with E-state index in [1.165, 1.54) is 0 Å². The van der Waals surface area contributed by atoms with E-state index >= 15 is 0 Å². The third-order valence-electron chi connectivity index (χ3n) is 3.64. The number of β-amino-alcohol motifs (C(OH)–C–C–N with tert-alkyl or cyclic N) is 1. The van der Waals surface area contributed by atoms with Crippen molar-refractivity contribution in [3.63, 3.8) is 0 Å². The van der Waals surface area contributed by atoms with Crippen LogP contribution in [0.15, 0.2) is 0 Å². The average Bonchev–Trinajstić information content (AvgIpc) is 2.86. The van der Waals surface area contributed by atoms with Crippen molar-refractivity contribution in [2.24, 2.45) is 0 Å². The Morgan fingerprint density at radius 3 is 2.81 bits per heavy atom. The Morgan fingerprint density at radius 2 is 2.31 bits per heavy atom. The van der Waals surface area contributed by atoms with E-state index in [9.17, 15) is 9.90 Å². The Morgan fingerprint density at radius 1 is 1.56 bits per heavy atom. The van der Waals surface area contributed by atoms with Crippen molar-refractivity contribution in [2.45, 2.75) is 37.5 Å². The summed E-state index contributed by atoms with van der Waals surface area (Å²) in [5, 5.41) is 12.8. The third-order valence-corrected chi connectivity index (χ3v) is 3.64. The minimum absolute atomic E-state index is 0.0160. The van der Waals surface area contributed by atoms with E-state index in [-0.39, 0.29) is 11.9 Å². The lowest BCUT2D eigenvalue weighted by atomic mass is 10.00. The first-order valence-corrected chi connectivity index (χ1v) is 5.84. The van der Waals surface area contributed by atoms with Crippen LogP contribution in [0.3, 0.4) is 0 Å². The normalized spacial score (nSPS) is 38.9. The summed E-state index contributed by atoms with van der Waals surface area (Å²) in [6, 6.07) is -0.131. The Bertz CT molecular complexity index is 276. The number of aliphatic hydroxyl groups excluding tert-OH is 1. The van der Waals surface area contributed by atoms with Gasteiger partial charge in [0.2, 0.25) is 0 Å². The molecule has 2 aliphatic heterocycles. The molecule has 0 aliphatic carbocycles. The molecule has 92 valence electrons. The molecule has 1 unspecified atom stereocenters. The Labute approximate surface area is 95.8 Å². The van der Waals surface area contributed by atoms with Gasteiger partial charge in [-0.1, -0.05) is 0 Å². The minimum atomic E-state index is -0.683. The second-order valence-corrected chi connectivity index (χ2v) is 4.89. The van der Waals surface area contributed by atoms with Gasteiger partial charge in [0.25, 0.3) is 5.91 Å². The number of aliphatic hydroxyl groups is 1. The van der Waals surface area contributed by atoms with E-state index in [0.29, 0.717) is 19.7 Å². The highest BCUT2D eigenvalue weighted by Crippen LogP contribution is 2.28. The van der Waals surface area contributed by atoms with Gasteiger partial charge in [-0.05, 0) is 19.8 Å². The van der Waals surface area contributed by atoms with E-state index < -0.39 is 11.7 Å². The number of carbonyl (C=O) groups is 1. The van der Waals surface area contributed by atoms with Gasteiger partial charge in [-0.3, -0.25) is 4.79 Å². The van der Waals surface area contributed by atoms with E-state index in [1.807, 2.05) is 6.92 Å². The molecule has 2 heterocycles. The van der Waals surface area contributed by atoms with Crippen LogP contribution in [-0.2, 0) is 9.53 Å². The second kappa shape index (κ2) is 4.31. The van der Waals surface area contributed by atoms with Gasteiger partial charge in [-0.15, -0.1) is 0 Å². The van der Waals surface area contributed by atoms with Crippen LogP contribution in [0.25, 0.3) is 0 Å². The molecule has 0 bridgehead atoms. The molecule has 0 spiro atoms. The molecule has 0 aromatic rings. The average molecular weight is 228 g/mol. The summed E-state index contributed by atoms with van der Waals surface area (Å²) in [6.07, 6.45) is 1.23. The summed E-state index contributed by atoms with van der Waals surface area (Å²) >= 11 is 0. The summed E-state index contributed by atoms with van der Waals surface area (Å²) in [5.41, 5.74) is -0.683. The van der Waals surface area contributed by atoms with E-state index in [1.54, 1.807) is 11.9 Å². The molecule has 0 aromatic carbocycles. The zero-order valence-corrected chi connectivity index (χ0v) is 9.90. The quantitative estimate of drug-likeness (QED) is 0.659. The maximum Gasteiger partial charge on any atom is 0.254 e. The van der Waals surface area contributed by atoms with Crippen LogP contribution in [0.4, 0.5) is 0 Å². The van der Waals surface area contributed by atoms with Gasteiger partial charge in [-0.2, -0.15) is 0 Å². The van der Waals surface area contributed by atoms with Gasteiger partial charge in [0.05, 0.1) is 12.1 Å². The third kappa shape index (κ3) is 1.95. The maximum atomic E-state index is 12.3. The molecule has 3 atom stereocenters. The van der Waals surface area contributed by atoms with E-state index in [4.69, 9.17) is 4.74 Å². The Hall–Kier alpha value is -0.650. The molecule has 2 rings (SSSR count). The van der Waals surface area contributed by atoms with Crippen LogP contribution in [0.2, 0.25) is 0 Å². The largest absolute Gasteiger partial charge is 0.390 e. The fourth-order valence-electron chi connectivity index (χ4n) is 2.52. The summed E-state index contributed by atoms with van der Waals surface area (Å²) < 4.78 is 5.52. The van der Waals surface area contributed by atoms with Crippen molar-refractivity contribution in [1.82, 2.24) is 10.2 Å². The zero-order valence-electron chi connectivity index (χ0n) is 9.90. The summed E-state index contributed by atoms with van der Waals surface area (Å²) in [6.45, 7) is 3.70. The lowest BCUT2D eigenvalue weighted by Crippen LogP contribution is -2.52. The molecular weight excluding hydrogens is 208 g/mol. The van der Waals surface area contributed by atoms with Crippen LogP contribution in [0.1, 0.15) is 19.8 Å². The smallest absolute Gasteiger partial charge is 0.254 e. The van der Waals surface area contributed by atoms with Gasteiger partial charge in [0.15, 0.2) is 0 Å². The number of carbonyl (C=O) groups excluding carboxylic acids is 1. The molecule has 5 heteroatoms. The number of hydrogen-bond donors (Lipinski definition) is 2. The molecule has 0 saturated carbocycles. The molecule has 5 nitrogen and oxygen atoms in total. The van der Waals surface area contributed by atoms with Crippen LogP contribution in [0, 0.1) is 0 Å². The summed E-state index contributed by atoms with van der Waals surface area (Å²) in [5.74, 6) is -0.0160. The van der Waals surface area contributed by atoms with Crippen molar-refractivity contribution in [3.8, 4) is 0 Å². The topological polar surface area (TPSA) is 61.8 Å². The highest BCUT2D eigenvalue weighted by atomic mass is 16.5. The van der Waals surface area contributed by atoms with Crippen molar-refractivity contribution in [2.75, 3.05) is 26.7 Å². The molecule has 16 heavy (non-hydrogen) atoms. The molecule has 2 saturated heterocycles. The first-order chi connectivity index (χ1) is 7.54. The number of rotatable bonds is 2. The second-order valence-electron chi connectivity index (χ2n) is 4.89.